The Balaban J connectivity index is 1.83. The summed E-state index contributed by atoms with van der Waals surface area (Å²) in [5, 5.41) is 6.58. The molecule has 0 aliphatic heterocycles. The molecular formula is C18H14ClF2N3O3S. The van der Waals surface area contributed by atoms with Crippen molar-refractivity contribution in [3.8, 4) is 5.69 Å². The standard InChI is InChI=1S/C18H14ClF2N3O3S/c1-28(26,27)13-5-2-11(3-6-13)9-22-15-10-23-24(18(25)17(15)19)16-7-4-12(20)8-14(16)21/h2-8,10,22H,9H2,1H3. The van der Waals surface area contributed by atoms with E-state index in [0.717, 1.165) is 28.6 Å². The molecule has 28 heavy (non-hydrogen) atoms. The molecule has 6 nitrogen and oxygen atoms in total. The van der Waals surface area contributed by atoms with Crippen LogP contribution in [0.1, 0.15) is 5.56 Å². The monoisotopic (exact) mass is 425 g/mol. The Kier molecular flexibility index (Phi) is 5.48. The van der Waals surface area contributed by atoms with E-state index in [2.05, 4.69) is 10.4 Å². The van der Waals surface area contributed by atoms with Gasteiger partial charge in [0.05, 0.1) is 16.8 Å². The molecule has 0 fully saturated rings. The van der Waals surface area contributed by atoms with Crippen LogP contribution in [0.2, 0.25) is 5.02 Å². The number of hydrogen-bond donors (Lipinski definition) is 1. The molecule has 0 unspecified atom stereocenters. The third-order valence-electron chi connectivity index (χ3n) is 3.89. The van der Waals surface area contributed by atoms with Crippen molar-refractivity contribution in [1.29, 1.82) is 0 Å². The number of aromatic nitrogens is 2. The molecule has 2 aromatic carbocycles. The first kappa shape index (κ1) is 20.0. The van der Waals surface area contributed by atoms with Gasteiger partial charge in [-0.3, -0.25) is 4.79 Å². The van der Waals surface area contributed by atoms with Gasteiger partial charge in [0, 0.05) is 18.9 Å². The molecule has 0 atom stereocenters. The maximum Gasteiger partial charge on any atom is 0.292 e. The average molecular weight is 426 g/mol. The van der Waals surface area contributed by atoms with Crippen LogP contribution >= 0.6 is 11.6 Å². The third-order valence-corrected chi connectivity index (χ3v) is 5.39. The minimum Gasteiger partial charge on any atom is -0.378 e. The smallest absolute Gasteiger partial charge is 0.292 e. The molecule has 1 heterocycles. The first-order valence-electron chi connectivity index (χ1n) is 7.93. The van der Waals surface area contributed by atoms with Gasteiger partial charge in [-0.25, -0.2) is 17.2 Å². The lowest BCUT2D eigenvalue weighted by Crippen LogP contribution is -2.23. The quantitative estimate of drug-likeness (QED) is 0.679. The van der Waals surface area contributed by atoms with E-state index >= 15 is 0 Å². The van der Waals surface area contributed by atoms with Crippen molar-refractivity contribution in [2.24, 2.45) is 0 Å². The van der Waals surface area contributed by atoms with Gasteiger partial charge in [0.1, 0.15) is 16.5 Å². The SMILES string of the molecule is CS(=O)(=O)c1ccc(CNc2cnn(-c3ccc(F)cc3F)c(=O)c2Cl)cc1. The van der Waals surface area contributed by atoms with Gasteiger partial charge in [-0.2, -0.15) is 9.78 Å². The summed E-state index contributed by atoms with van der Waals surface area (Å²) in [5.41, 5.74) is -0.0318. The fourth-order valence-corrected chi connectivity index (χ4v) is 3.26. The molecule has 1 N–H and O–H groups in total. The van der Waals surface area contributed by atoms with Gasteiger partial charge < -0.3 is 5.32 Å². The van der Waals surface area contributed by atoms with Crippen LogP contribution in [0.25, 0.3) is 5.69 Å². The van der Waals surface area contributed by atoms with Gasteiger partial charge in [-0.1, -0.05) is 23.7 Å². The van der Waals surface area contributed by atoms with Crippen LogP contribution < -0.4 is 10.9 Å². The Morgan fingerprint density at radius 2 is 1.82 bits per heavy atom. The van der Waals surface area contributed by atoms with Gasteiger partial charge in [-0.05, 0) is 29.8 Å². The summed E-state index contributed by atoms with van der Waals surface area (Å²) in [6, 6.07) is 8.94. The zero-order valence-electron chi connectivity index (χ0n) is 14.5. The van der Waals surface area contributed by atoms with E-state index in [4.69, 9.17) is 11.6 Å². The zero-order valence-corrected chi connectivity index (χ0v) is 16.1. The van der Waals surface area contributed by atoms with E-state index in [1.54, 1.807) is 12.1 Å². The molecule has 0 radical (unpaired) electrons. The van der Waals surface area contributed by atoms with Crippen LogP contribution in [0.15, 0.2) is 58.4 Å². The largest absolute Gasteiger partial charge is 0.378 e. The van der Waals surface area contributed by atoms with E-state index in [-0.39, 0.29) is 27.8 Å². The number of halogens is 3. The number of anilines is 1. The second-order valence-electron chi connectivity index (χ2n) is 5.95. The van der Waals surface area contributed by atoms with Crippen LogP contribution in [0.4, 0.5) is 14.5 Å². The number of sulfone groups is 1. The third kappa shape index (κ3) is 4.20. The number of hydrogen-bond acceptors (Lipinski definition) is 5. The highest BCUT2D eigenvalue weighted by atomic mass is 35.5. The lowest BCUT2D eigenvalue weighted by Gasteiger charge is -2.11. The van der Waals surface area contributed by atoms with Gasteiger partial charge in [0.25, 0.3) is 5.56 Å². The van der Waals surface area contributed by atoms with Crippen LogP contribution in [-0.2, 0) is 16.4 Å². The van der Waals surface area contributed by atoms with Crippen molar-refractivity contribution < 1.29 is 17.2 Å². The van der Waals surface area contributed by atoms with Crippen LogP contribution in [0.5, 0.6) is 0 Å². The number of nitrogens with one attached hydrogen (secondary N) is 1. The number of nitrogens with zero attached hydrogens (tertiary/aromatic N) is 2. The zero-order chi connectivity index (χ0) is 20.5. The van der Waals surface area contributed by atoms with Gasteiger partial charge in [0.15, 0.2) is 15.7 Å². The molecule has 3 aromatic rings. The molecule has 0 bridgehead atoms. The molecule has 1 aromatic heterocycles. The summed E-state index contributed by atoms with van der Waals surface area (Å²) >= 11 is 6.07. The maximum absolute atomic E-state index is 13.9. The molecule has 10 heteroatoms. The number of rotatable bonds is 5. The van der Waals surface area contributed by atoms with Gasteiger partial charge in [-0.15, -0.1) is 0 Å². The normalized spacial score (nSPS) is 11.4. The Labute approximate surface area is 164 Å². The molecule has 0 spiro atoms. The summed E-state index contributed by atoms with van der Waals surface area (Å²) in [6.07, 6.45) is 2.36. The van der Waals surface area contributed by atoms with Crippen LogP contribution in [0, 0.1) is 11.6 Å². The number of benzene rings is 2. The van der Waals surface area contributed by atoms with Gasteiger partial charge in [0.2, 0.25) is 0 Å². The molecule has 0 aliphatic rings. The first-order chi connectivity index (χ1) is 13.2. The summed E-state index contributed by atoms with van der Waals surface area (Å²) < 4.78 is 50.6. The minimum absolute atomic E-state index is 0.194. The Morgan fingerprint density at radius 1 is 1.14 bits per heavy atom. The highest BCUT2D eigenvalue weighted by molar-refractivity contribution is 7.90. The van der Waals surface area contributed by atoms with Crippen LogP contribution in [-0.4, -0.2) is 24.5 Å². The fraction of sp³-hybridized carbons (Fsp3) is 0.111. The van der Waals surface area contributed by atoms with Gasteiger partial charge >= 0.3 is 0 Å². The van der Waals surface area contributed by atoms with E-state index in [1.165, 1.54) is 18.3 Å². The second-order valence-corrected chi connectivity index (χ2v) is 8.35. The molecule has 0 saturated carbocycles. The van der Waals surface area contributed by atoms with Crippen molar-refractivity contribution in [3.63, 3.8) is 0 Å². The van der Waals surface area contributed by atoms with E-state index in [0.29, 0.717) is 6.07 Å². The summed E-state index contributed by atoms with van der Waals surface area (Å²) in [6.45, 7) is 0.250. The molecule has 0 aliphatic carbocycles. The summed E-state index contributed by atoms with van der Waals surface area (Å²) in [4.78, 5) is 12.6. The Morgan fingerprint density at radius 3 is 2.43 bits per heavy atom. The maximum atomic E-state index is 13.9. The Bertz CT molecular complexity index is 1200. The second kappa shape index (κ2) is 7.69. The van der Waals surface area contributed by atoms with Crippen molar-refractivity contribution in [2.45, 2.75) is 11.4 Å². The minimum atomic E-state index is -3.29. The highest BCUT2D eigenvalue weighted by Gasteiger charge is 2.14. The fourth-order valence-electron chi connectivity index (χ4n) is 2.43. The topological polar surface area (TPSA) is 81.1 Å². The molecular weight excluding hydrogens is 412 g/mol. The lowest BCUT2D eigenvalue weighted by molar-refractivity contribution is 0.570. The average Bonchev–Trinajstić information content (AvgIpc) is 2.63. The van der Waals surface area contributed by atoms with Crippen molar-refractivity contribution in [2.75, 3.05) is 11.6 Å². The molecule has 0 amide bonds. The lowest BCUT2D eigenvalue weighted by atomic mass is 10.2. The first-order valence-corrected chi connectivity index (χ1v) is 10.2. The summed E-state index contributed by atoms with van der Waals surface area (Å²) in [7, 11) is -3.29. The van der Waals surface area contributed by atoms with E-state index in [9.17, 15) is 22.0 Å². The highest BCUT2D eigenvalue weighted by Crippen LogP contribution is 2.19. The summed E-state index contributed by atoms with van der Waals surface area (Å²) in [5.74, 6) is -1.72. The predicted octanol–water partition coefficient (Wildman–Crippen LogP) is 3.18. The molecule has 146 valence electrons. The Hall–Kier alpha value is -2.78. The predicted molar refractivity (Wildman–Crippen MR) is 102 cm³/mol. The van der Waals surface area contributed by atoms with Crippen LogP contribution in [0.3, 0.4) is 0 Å². The van der Waals surface area contributed by atoms with Crippen molar-refractivity contribution in [1.82, 2.24) is 9.78 Å². The van der Waals surface area contributed by atoms with Crippen molar-refractivity contribution >= 4 is 27.1 Å². The molecule has 0 saturated heterocycles. The van der Waals surface area contributed by atoms with E-state index in [1.807, 2.05) is 0 Å². The van der Waals surface area contributed by atoms with Crippen molar-refractivity contribution in [3.05, 3.63) is 81.2 Å². The van der Waals surface area contributed by atoms with E-state index < -0.39 is 27.0 Å². The molecule has 3 rings (SSSR count).